The van der Waals surface area contributed by atoms with Crippen LogP contribution in [0.3, 0.4) is 0 Å². The highest BCUT2D eigenvalue weighted by Gasteiger charge is 2.08. The maximum absolute atomic E-state index is 12.9. The molecule has 0 fully saturated rings. The Morgan fingerprint density at radius 1 is 1.62 bits per heavy atom. The molecule has 2 N–H and O–H groups in total. The van der Waals surface area contributed by atoms with Crippen LogP contribution in [0.15, 0.2) is 22.7 Å². The molecule has 1 unspecified atom stereocenters. The Kier molecular flexibility index (Phi) is 4.89. The molecule has 0 aliphatic carbocycles. The summed E-state index contributed by atoms with van der Waals surface area (Å²) in [6.45, 7) is 2.05. The maximum atomic E-state index is 12.9. The quantitative estimate of drug-likeness (QED) is 0.892. The maximum Gasteiger partial charge on any atom is 0.251 e. The second kappa shape index (κ2) is 5.96. The van der Waals surface area contributed by atoms with Gasteiger partial charge in [-0.3, -0.25) is 4.79 Å². The van der Waals surface area contributed by atoms with E-state index in [1.165, 1.54) is 18.2 Å². The smallest absolute Gasteiger partial charge is 0.251 e. The first-order valence-electron chi connectivity index (χ1n) is 4.92. The van der Waals surface area contributed by atoms with Crippen molar-refractivity contribution in [3.8, 4) is 0 Å². The zero-order valence-electron chi connectivity index (χ0n) is 8.84. The number of rotatable bonds is 4. The standard InChI is InChI=1S/C11H13BrFNO2/c1-7(15)4-5-14-11(16)8-2-3-10(13)9(12)6-8/h2-3,6-7,15H,4-5H2,1H3,(H,14,16). The average molecular weight is 290 g/mol. The Morgan fingerprint density at radius 3 is 2.88 bits per heavy atom. The van der Waals surface area contributed by atoms with Crippen LogP contribution in [0.5, 0.6) is 0 Å². The third-order valence-electron chi connectivity index (χ3n) is 2.03. The Morgan fingerprint density at radius 2 is 2.31 bits per heavy atom. The van der Waals surface area contributed by atoms with Crippen LogP contribution in [0.1, 0.15) is 23.7 Å². The molecule has 0 bridgehead atoms. The molecule has 1 rings (SSSR count). The molecule has 0 aromatic heterocycles. The number of aliphatic hydroxyl groups is 1. The van der Waals surface area contributed by atoms with Crippen molar-refractivity contribution in [3.63, 3.8) is 0 Å². The normalized spacial score (nSPS) is 12.2. The number of carbonyl (C=O) groups excluding carboxylic acids is 1. The summed E-state index contributed by atoms with van der Waals surface area (Å²) in [5, 5.41) is 11.6. The van der Waals surface area contributed by atoms with Crippen LogP contribution in [-0.4, -0.2) is 23.7 Å². The van der Waals surface area contributed by atoms with Gasteiger partial charge < -0.3 is 10.4 Å². The predicted molar refractivity (Wildman–Crippen MR) is 62.7 cm³/mol. The van der Waals surface area contributed by atoms with E-state index < -0.39 is 11.9 Å². The number of amides is 1. The van der Waals surface area contributed by atoms with E-state index in [0.29, 0.717) is 18.5 Å². The Balaban J connectivity index is 2.56. The summed E-state index contributed by atoms with van der Waals surface area (Å²) in [6.07, 6.45) is 0.0499. The number of hydrogen-bond acceptors (Lipinski definition) is 2. The lowest BCUT2D eigenvalue weighted by atomic mass is 10.2. The van der Waals surface area contributed by atoms with Crippen molar-refractivity contribution in [2.45, 2.75) is 19.4 Å². The van der Waals surface area contributed by atoms with Crippen molar-refractivity contribution in [1.82, 2.24) is 5.32 Å². The molecule has 88 valence electrons. The number of nitrogens with one attached hydrogen (secondary N) is 1. The summed E-state index contributed by atoms with van der Waals surface area (Å²) >= 11 is 3.01. The zero-order valence-corrected chi connectivity index (χ0v) is 10.4. The van der Waals surface area contributed by atoms with Crippen LogP contribution < -0.4 is 5.32 Å². The summed E-state index contributed by atoms with van der Waals surface area (Å²) in [6, 6.07) is 4.07. The molecule has 3 nitrogen and oxygen atoms in total. The number of halogens is 2. The van der Waals surface area contributed by atoms with E-state index in [4.69, 9.17) is 5.11 Å². The Hall–Kier alpha value is -0.940. The summed E-state index contributed by atoms with van der Waals surface area (Å²) < 4.78 is 13.2. The SMILES string of the molecule is CC(O)CCNC(=O)c1ccc(F)c(Br)c1. The molecule has 1 amide bonds. The van der Waals surface area contributed by atoms with Crippen molar-refractivity contribution in [2.75, 3.05) is 6.54 Å². The largest absolute Gasteiger partial charge is 0.393 e. The minimum Gasteiger partial charge on any atom is -0.393 e. The van der Waals surface area contributed by atoms with E-state index in [2.05, 4.69) is 21.2 Å². The van der Waals surface area contributed by atoms with E-state index in [1.54, 1.807) is 6.92 Å². The second-order valence-corrected chi connectivity index (χ2v) is 4.38. The van der Waals surface area contributed by atoms with Crippen molar-refractivity contribution < 1.29 is 14.3 Å². The van der Waals surface area contributed by atoms with Crippen molar-refractivity contribution in [1.29, 1.82) is 0 Å². The highest BCUT2D eigenvalue weighted by molar-refractivity contribution is 9.10. The lowest BCUT2D eigenvalue weighted by Crippen LogP contribution is -2.26. The van der Waals surface area contributed by atoms with Crippen LogP contribution in [0.2, 0.25) is 0 Å². The minimum atomic E-state index is -0.444. The van der Waals surface area contributed by atoms with Gasteiger partial charge in [-0.2, -0.15) is 0 Å². The molecule has 5 heteroatoms. The lowest BCUT2D eigenvalue weighted by Gasteiger charge is -2.07. The van der Waals surface area contributed by atoms with Gasteiger partial charge in [0.2, 0.25) is 0 Å². The lowest BCUT2D eigenvalue weighted by molar-refractivity contribution is 0.0945. The van der Waals surface area contributed by atoms with Gasteiger partial charge in [0, 0.05) is 12.1 Å². The number of benzene rings is 1. The molecule has 0 radical (unpaired) electrons. The summed E-state index contributed by atoms with van der Waals surface area (Å²) in [4.78, 5) is 11.6. The van der Waals surface area contributed by atoms with Gasteiger partial charge in [0.1, 0.15) is 5.82 Å². The molecule has 0 aliphatic heterocycles. The van der Waals surface area contributed by atoms with Gasteiger partial charge in [-0.1, -0.05) is 0 Å². The molecule has 0 saturated heterocycles. The van der Waals surface area contributed by atoms with Gasteiger partial charge >= 0.3 is 0 Å². The van der Waals surface area contributed by atoms with Crippen LogP contribution >= 0.6 is 15.9 Å². The van der Waals surface area contributed by atoms with Gasteiger partial charge in [-0.15, -0.1) is 0 Å². The Bertz CT molecular complexity index is 382. The molecular weight excluding hydrogens is 277 g/mol. The zero-order chi connectivity index (χ0) is 12.1. The van der Waals surface area contributed by atoms with Gasteiger partial charge in [0.25, 0.3) is 5.91 Å². The molecule has 1 aromatic carbocycles. The van der Waals surface area contributed by atoms with Gasteiger partial charge in [0.15, 0.2) is 0 Å². The van der Waals surface area contributed by atoms with Crippen LogP contribution in [0, 0.1) is 5.82 Å². The number of carbonyl (C=O) groups is 1. The molecular formula is C11H13BrFNO2. The van der Waals surface area contributed by atoms with E-state index in [-0.39, 0.29) is 10.4 Å². The number of hydrogen-bond donors (Lipinski definition) is 2. The third-order valence-corrected chi connectivity index (χ3v) is 2.64. The fraction of sp³-hybridized carbons (Fsp3) is 0.364. The molecule has 1 aromatic rings. The molecule has 0 spiro atoms. The second-order valence-electron chi connectivity index (χ2n) is 3.52. The number of aliphatic hydroxyl groups excluding tert-OH is 1. The predicted octanol–water partition coefficient (Wildman–Crippen LogP) is 2.09. The van der Waals surface area contributed by atoms with Crippen LogP contribution in [-0.2, 0) is 0 Å². The van der Waals surface area contributed by atoms with Crippen molar-refractivity contribution in [2.24, 2.45) is 0 Å². The van der Waals surface area contributed by atoms with Crippen molar-refractivity contribution >= 4 is 21.8 Å². The summed E-state index contributed by atoms with van der Waals surface area (Å²) in [5.74, 6) is -0.679. The molecule has 0 saturated carbocycles. The monoisotopic (exact) mass is 289 g/mol. The first kappa shape index (κ1) is 13.1. The highest BCUT2D eigenvalue weighted by atomic mass is 79.9. The molecule has 0 heterocycles. The van der Waals surface area contributed by atoms with Gasteiger partial charge in [0.05, 0.1) is 10.6 Å². The molecule has 16 heavy (non-hydrogen) atoms. The summed E-state index contributed by atoms with van der Waals surface area (Å²) in [5.41, 5.74) is 0.388. The van der Waals surface area contributed by atoms with Crippen LogP contribution in [0.4, 0.5) is 4.39 Å². The first-order valence-corrected chi connectivity index (χ1v) is 5.71. The first-order chi connectivity index (χ1) is 7.50. The molecule has 1 atom stereocenters. The highest BCUT2D eigenvalue weighted by Crippen LogP contribution is 2.16. The van der Waals surface area contributed by atoms with E-state index >= 15 is 0 Å². The Labute approximate surface area is 102 Å². The van der Waals surface area contributed by atoms with Crippen molar-refractivity contribution in [3.05, 3.63) is 34.1 Å². The fourth-order valence-corrected chi connectivity index (χ4v) is 1.51. The van der Waals surface area contributed by atoms with E-state index in [1.807, 2.05) is 0 Å². The van der Waals surface area contributed by atoms with E-state index in [0.717, 1.165) is 0 Å². The molecule has 0 aliphatic rings. The summed E-state index contributed by atoms with van der Waals surface area (Å²) in [7, 11) is 0. The van der Waals surface area contributed by atoms with Gasteiger partial charge in [-0.25, -0.2) is 4.39 Å². The topological polar surface area (TPSA) is 49.3 Å². The minimum absolute atomic E-state index is 0.260. The van der Waals surface area contributed by atoms with E-state index in [9.17, 15) is 9.18 Å². The third kappa shape index (κ3) is 3.90. The van der Waals surface area contributed by atoms with Crippen LogP contribution in [0.25, 0.3) is 0 Å². The fourth-order valence-electron chi connectivity index (χ4n) is 1.13. The average Bonchev–Trinajstić information content (AvgIpc) is 2.21. The van der Waals surface area contributed by atoms with Gasteiger partial charge in [-0.05, 0) is 47.5 Å².